The summed E-state index contributed by atoms with van der Waals surface area (Å²) in [6.45, 7) is 6.65. The fraction of sp³-hybridized carbons (Fsp3) is 0.217. The average molecular weight is 448 g/mol. The second kappa shape index (κ2) is 9.17. The minimum atomic E-state index is -4.85. The highest BCUT2D eigenvalue weighted by Crippen LogP contribution is 2.46. The fourth-order valence-corrected chi connectivity index (χ4v) is 3.32. The number of benzene rings is 2. The van der Waals surface area contributed by atoms with Gasteiger partial charge >= 0.3 is 18.1 Å². The van der Waals surface area contributed by atoms with E-state index < -0.39 is 35.0 Å². The third-order valence-corrected chi connectivity index (χ3v) is 4.67. The van der Waals surface area contributed by atoms with Gasteiger partial charge in [0.05, 0.1) is 13.7 Å². The molecule has 0 aliphatic rings. The lowest BCUT2D eigenvalue weighted by atomic mass is 10.0. The van der Waals surface area contributed by atoms with Crippen LogP contribution in [0.1, 0.15) is 17.5 Å². The number of hydrogen-bond donors (Lipinski definition) is 0. The summed E-state index contributed by atoms with van der Waals surface area (Å²) in [5.41, 5.74) is -0.889. The van der Waals surface area contributed by atoms with Gasteiger partial charge in [0, 0.05) is 22.9 Å². The van der Waals surface area contributed by atoms with E-state index in [9.17, 15) is 22.8 Å². The van der Waals surface area contributed by atoms with Crippen LogP contribution < -0.4 is 9.47 Å². The molecule has 0 aliphatic carbocycles. The first-order chi connectivity index (χ1) is 15.2. The molecule has 0 atom stereocenters. The number of rotatable bonds is 8. The summed E-state index contributed by atoms with van der Waals surface area (Å²) in [5, 5.41) is 0.598. The predicted molar refractivity (Wildman–Crippen MR) is 111 cm³/mol. The van der Waals surface area contributed by atoms with Crippen molar-refractivity contribution in [1.82, 2.24) is 0 Å². The highest BCUT2D eigenvalue weighted by Gasteiger charge is 2.39. The molecular weight excluding hydrogens is 429 g/mol. The number of carbonyl (C=O) groups is 2. The van der Waals surface area contributed by atoms with Crippen molar-refractivity contribution in [3.8, 4) is 11.5 Å². The van der Waals surface area contributed by atoms with E-state index in [-0.39, 0.29) is 23.3 Å². The van der Waals surface area contributed by atoms with E-state index in [4.69, 9.17) is 18.6 Å². The Labute approximate surface area is 180 Å². The maximum atomic E-state index is 13.9. The number of methoxy groups -OCH3 is 1. The van der Waals surface area contributed by atoms with E-state index in [0.29, 0.717) is 23.8 Å². The largest absolute Gasteiger partial charge is 0.493 e. The Morgan fingerprint density at radius 2 is 1.69 bits per heavy atom. The van der Waals surface area contributed by atoms with Gasteiger partial charge in [0.25, 0.3) is 0 Å². The normalized spacial score (nSPS) is 11.4. The zero-order valence-electron chi connectivity index (χ0n) is 17.1. The molecule has 3 aromatic rings. The second-order valence-corrected chi connectivity index (χ2v) is 6.65. The predicted octanol–water partition coefficient (Wildman–Crippen LogP) is 5.37. The van der Waals surface area contributed by atoms with Crippen LogP contribution in [0.5, 0.6) is 11.5 Å². The summed E-state index contributed by atoms with van der Waals surface area (Å²) in [7, 11) is 1.38. The van der Waals surface area contributed by atoms with Crippen LogP contribution >= 0.6 is 0 Å². The molecule has 1 aromatic heterocycles. The molecule has 0 amide bonds. The molecule has 0 radical (unpaired) electrons. The van der Waals surface area contributed by atoms with Crippen molar-refractivity contribution in [2.24, 2.45) is 0 Å². The van der Waals surface area contributed by atoms with E-state index in [1.54, 1.807) is 12.1 Å². The molecule has 6 nitrogen and oxygen atoms in total. The molecule has 3 rings (SSSR count). The standard InChI is InChI=1S/C23H19F3O6/c1-4-17(27)30-12-6-7-13-8-9-15-14-10-11-16(31-18(28)5-2)19(23(24,25)26)21(14)32-22(15)20(13)29-3/h4-5,8-11H,1-2,6-7,12H2,3H3. The Balaban J connectivity index is 2.10. The van der Waals surface area contributed by atoms with Gasteiger partial charge in [0.15, 0.2) is 16.9 Å². The topological polar surface area (TPSA) is 75.0 Å². The van der Waals surface area contributed by atoms with Crippen molar-refractivity contribution in [3.05, 3.63) is 60.7 Å². The molecule has 2 aromatic carbocycles. The molecule has 0 fully saturated rings. The van der Waals surface area contributed by atoms with Gasteiger partial charge in [-0.25, -0.2) is 9.59 Å². The van der Waals surface area contributed by atoms with Gasteiger partial charge in [0.2, 0.25) is 0 Å². The van der Waals surface area contributed by atoms with E-state index in [1.165, 1.54) is 13.2 Å². The third kappa shape index (κ3) is 4.46. The third-order valence-electron chi connectivity index (χ3n) is 4.67. The lowest BCUT2D eigenvalue weighted by Gasteiger charge is -2.12. The first kappa shape index (κ1) is 22.9. The number of alkyl halides is 3. The summed E-state index contributed by atoms with van der Waals surface area (Å²) < 4.78 is 62.4. The Kier molecular flexibility index (Phi) is 6.57. The van der Waals surface area contributed by atoms with Gasteiger partial charge in [-0.3, -0.25) is 0 Å². The van der Waals surface area contributed by atoms with Gasteiger partial charge in [-0.2, -0.15) is 13.2 Å². The summed E-state index contributed by atoms with van der Waals surface area (Å²) in [5.74, 6) is -1.98. The summed E-state index contributed by atoms with van der Waals surface area (Å²) in [6, 6.07) is 5.79. The van der Waals surface area contributed by atoms with Crippen molar-refractivity contribution in [2.45, 2.75) is 19.0 Å². The van der Waals surface area contributed by atoms with Gasteiger partial charge in [-0.05, 0) is 36.6 Å². The molecule has 0 bridgehead atoms. The summed E-state index contributed by atoms with van der Waals surface area (Å²) >= 11 is 0. The minimum absolute atomic E-state index is 0.126. The monoisotopic (exact) mass is 448 g/mol. The number of fused-ring (bicyclic) bond motifs is 3. The van der Waals surface area contributed by atoms with E-state index in [2.05, 4.69) is 13.2 Å². The highest BCUT2D eigenvalue weighted by molar-refractivity contribution is 6.09. The number of carbonyl (C=O) groups excluding carboxylic acids is 2. The molecule has 9 heteroatoms. The van der Waals surface area contributed by atoms with Gasteiger partial charge < -0.3 is 18.6 Å². The molecule has 0 saturated carbocycles. The zero-order chi connectivity index (χ0) is 23.5. The zero-order valence-corrected chi connectivity index (χ0v) is 17.1. The van der Waals surface area contributed by atoms with Crippen molar-refractivity contribution < 1.29 is 41.4 Å². The Bertz CT molecular complexity index is 1210. The van der Waals surface area contributed by atoms with Crippen molar-refractivity contribution >= 4 is 33.9 Å². The first-order valence-electron chi connectivity index (χ1n) is 9.47. The number of hydrogen-bond acceptors (Lipinski definition) is 6. The van der Waals surface area contributed by atoms with Crippen molar-refractivity contribution in [3.63, 3.8) is 0 Å². The number of halogens is 3. The van der Waals surface area contributed by atoms with E-state index in [0.717, 1.165) is 18.2 Å². The van der Waals surface area contributed by atoms with Crippen LogP contribution in [0.25, 0.3) is 21.9 Å². The molecule has 0 saturated heterocycles. The van der Waals surface area contributed by atoms with Crippen LogP contribution in [0, 0.1) is 0 Å². The number of ether oxygens (including phenoxy) is 3. The average Bonchev–Trinajstić information content (AvgIpc) is 3.13. The Hall–Kier alpha value is -3.75. The maximum absolute atomic E-state index is 13.9. The van der Waals surface area contributed by atoms with Crippen LogP contribution in [0.2, 0.25) is 0 Å². The van der Waals surface area contributed by atoms with Crippen molar-refractivity contribution in [1.29, 1.82) is 0 Å². The van der Waals surface area contributed by atoms with E-state index >= 15 is 0 Å². The molecule has 32 heavy (non-hydrogen) atoms. The molecule has 0 spiro atoms. The number of furan rings is 1. The van der Waals surface area contributed by atoms with E-state index in [1.807, 2.05) is 0 Å². The van der Waals surface area contributed by atoms with Gasteiger partial charge in [0.1, 0.15) is 11.3 Å². The molecule has 168 valence electrons. The van der Waals surface area contributed by atoms with Crippen LogP contribution in [0.15, 0.2) is 54.0 Å². The quantitative estimate of drug-likeness (QED) is 0.200. The van der Waals surface area contributed by atoms with Gasteiger partial charge in [-0.15, -0.1) is 0 Å². The smallest absolute Gasteiger partial charge is 0.423 e. The minimum Gasteiger partial charge on any atom is -0.493 e. The first-order valence-corrected chi connectivity index (χ1v) is 9.47. The Morgan fingerprint density at radius 1 is 1.03 bits per heavy atom. The molecule has 1 heterocycles. The van der Waals surface area contributed by atoms with Crippen LogP contribution in [0.4, 0.5) is 13.2 Å². The second-order valence-electron chi connectivity index (χ2n) is 6.65. The van der Waals surface area contributed by atoms with Crippen LogP contribution in [0.3, 0.4) is 0 Å². The summed E-state index contributed by atoms with van der Waals surface area (Å²) in [6.07, 6.45) is -2.15. The molecule has 0 unspecified atom stereocenters. The number of esters is 2. The van der Waals surface area contributed by atoms with Crippen molar-refractivity contribution in [2.75, 3.05) is 13.7 Å². The lowest BCUT2D eigenvalue weighted by Crippen LogP contribution is -2.12. The molecular formula is C23H19F3O6. The fourth-order valence-electron chi connectivity index (χ4n) is 3.32. The molecule has 0 aliphatic heterocycles. The van der Waals surface area contributed by atoms with Crippen LogP contribution in [-0.2, 0) is 26.9 Å². The maximum Gasteiger partial charge on any atom is 0.423 e. The highest BCUT2D eigenvalue weighted by atomic mass is 19.4. The number of aryl methyl sites for hydroxylation is 1. The van der Waals surface area contributed by atoms with Gasteiger partial charge in [-0.1, -0.05) is 19.2 Å². The SMILES string of the molecule is C=CC(=O)OCCCc1ccc2c(oc3c(C(F)(F)F)c(OC(=O)C=C)ccc32)c1OC. The van der Waals surface area contributed by atoms with Crippen LogP contribution in [-0.4, -0.2) is 25.7 Å². The lowest BCUT2D eigenvalue weighted by molar-refractivity contribution is -0.140. The Morgan fingerprint density at radius 3 is 2.31 bits per heavy atom. The summed E-state index contributed by atoms with van der Waals surface area (Å²) in [4.78, 5) is 22.6. The molecule has 0 N–H and O–H groups in total.